The van der Waals surface area contributed by atoms with Gasteiger partial charge in [0.25, 0.3) is 0 Å². The number of halogens is 2. The molecule has 1 aliphatic rings. The quantitative estimate of drug-likeness (QED) is 0.635. The Labute approximate surface area is 147 Å². The first kappa shape index (κ1) is 18.4. The molecular weight excluding hydrogens is 357 g/mol. The summed E-state index contributed by atoms with van der Waals surface area (Å²) in [6.07, 6.45) is 0. The van der Waals surface area contributed by atoms with Gasteiger partial charge in [0.1, 0.15) is 0 Å². The Balaban J connectivity index is 2.07. The van der Waals surface area contributed by atoms with Crippen LogP contribution in [0.15, 0.2) is 23.2 Å². The summed E-state index contributed by atoms with van der Waals surface area (Å²) in [5, 5.41) is 4.41. The number of guanidine groups is 1. The van der Waals surface area contributed by atoms with Gasteiger partial charge >= 0.3 is 0 Å². The van der Waals surface area contributed by atoms with Gasteiger partial charge in [-0.3, -0.25) is 4.99 Å². The zero-order valence-electron chi connectivity index (χ0n) is 13.4. The smallest absolute Gasteiger partial charge is 0.193 e. The number of hydrogen-bond donors (Lipinski definition) is 1. The molecule has 2 rings (SSSR count). The molecule has 0 atom stereocenters. The highest BCUT2D eigenvalue weighted by molar-refractivity contribution is 7.92. The van der Waals surface area contributed by atoms with E-state index in [1.165, 1.54) is 0 Å². The van der Waals surface area contributed by atoms with E-state index in [9.17, 15) is 8.42 Å². The predicted octanol–water partition coefficient (Wildman–Crippen LogP) is 2.58. The van der Waals surface area contributed by atoms with E-state index in [1.807, 2.05) is 11.0 Å². The van der Waals surface area contributed by atoms with Crippen molar-refractivity contribution in [3.8, 4) is 0 Å². The third kappa shape index (κ3) is 4.11. The first-order valence-electron chi connectivity index (χ1n) is 7.28. The molecule has 0 amide bonds. The van der Waals surface area contributed by atoms with Crippen LogP contribution in [0, 0.1) is 0 Å². The van der Waals surface area contributed by atoms with Gasteiger partial charge in [-0.2, -0.15) is 0 Å². The van der Waals surface area contributed by atoms with Gasteiger partial charge in [0.15, 0.2) is 15.8 Å². The molecule has 5 nitrogen and oxygen atoms in total. The lowest BCUT2D eigenvalue weighted by Crippen LogP contribution is -2.57. The highest BCUT2D eigenvalue weighted by Crippen LogP contribution is 2.24. The largest absolute Gasteiger partial charge is 0.352 e. The fourth-order valence-electron chi connectivity index (χ4n) is 2.50. The Morgan fingerprint density at radius 2 is 2.09 bits per heavy atom. The highest BCUT2D eigenvalue weighted by atomic mass is 35.5. The van der Waals surface area contributed by atoms with Gasteiger partial charge in [0, 0.05) is 36.7 Å². The Morgan fingerprint density at radius 1 is 1.39 bits per heavy atom. The van der Waals surface area contributed by atoms with Crippen molar-refractivity contribution >= 4 is 39.0 Å². The second-order valence-corrected chi connectivity index (χ2v) is 9.72. The SMILES string of the molecule is CN=C(NCc1ccc(Cl)cc1Cl)N1CCS(=O)(=O)C(C)(C)C1. The maximum Gasteiger partial charge on any atom is 0.193 e. The number of nitrogens with one attached hydrogen (secondary N) is 1. The van der Waals surface area contributed by atoms with Crippen LogP contribution in [0.25, 0.3) is 0 Å². The summed E-state index contributed by atoms with van der Waals surface area (Å²) >= 11 is 12.1. The van der Waals surface area contributed by atoms with Crippen molar-refractivity contribution in [1.29, 1.82) is 0 Å². The number of benzene rings is 1. The second-order valence-electron chi connectivity index (χ2n) is 6.14. The molecule has 1 aromatic rings. The molecule has 1 N–H and O–H groups in total. The number of sulfone groups is 1. The molecule has 0 aromatic heterocycles. The number of nitrogens with zero attached hydrogens (tertiary/aromatic N) is 2. The Bertz CT molecular complexity index is 717. The van der Waals surface area contributed by atoms with E-state index in [0.29, 0.717) is 35.6 Å². The van der Waals surface area contributed by atoms with Crippen LogP contribution in [0.1, 0.15) is 19.4 Å². The Morgan fingerprint density at radius 3 is 2.65 bits per heavy atom. The van der Waals surface area contributed by atoms with Crippen molar-refractivity contribution < 1.29 is 8.42 Å². The summed E-state index contributed by atoms with van der Waals surface area (Å²) < 4.78 is 23.4. The first-order valence-corrected chi connectivity index (χ1v) is 9.69. The molecule has 23 heavy (non-hydrogen) atoms. The van der Waals surface area contributed by atoms with E-state index in [-0.39, 0.29) is 5.75 Å². The molecule has 128 valence electrons. The molecule has 1 aliphatic heterocycles. The zero-order valence-corrected chi connectivity index (χ0v) is 15.8. The molecule has 1 heterocycles. The van der Waals surface area contributed by atoms with Gasteiger partial charge in [-0.1, -0.05) is 29.3 Å². The maximum atomic E-state index is 12.1. The van der Waals surface area contributed by atoms with Gasteiger partial charge < -0.3 is 10.2 Å². The van der Waals surface area contributed by atoms with Gasteiger partial charge in [-0.25, -0.2) is 8.42 Å². The first-order chi connectivity index (χ1) is 10.7. The molecule has 1 fully saturated rings. The van der Waals surface area contributed by atoms with Crippen molar-refractivity contribution in [1.82, 2.24) is 10.2 Å². The zero-order chi connectivity index (χ0) is 17.3. The summed E-state index contributed by atoms with van der Waals surface area (Å²) in [6, 6.07) is 5.33. The minimum atomic E-state index is -3.07. The van der Waals surface area contributed by atoms with Crippen molar-refractivity contribution in [2.75, 3.05) is 25.9 Å². The fraction of sp³-hybridized carbons (Fsp3) is 0.533. The molecule has 0 saturated carbocycles. The lowest BCUT2D eigenvalue weighted by Gasteiger charge is -2.39. The van der Waals surface area contributed by atoms with E-state index in [1.54, 1.807) is 33.0 Å². The summed E-state index contributed by atoms with van der Waals surface area (Å²) in [7, 11) is -1.39. The topological polar surface area (TPSA) is 61.8 Å². The molecule has 1 aromatic carbocycles. The second kappa shape index (κ2) is 6.87. The summed E-state index contributed by atoms with van der Waals surface area (Å²) in [4.78, 5) is 6.22. The van der Waals surface area contributed by atoms with Crippen LogP contribution in [-0.2, 0) is 16.4 Å². The standard InChI is InChI=1S/C15H21Cl2N3O2S/c1-15(2)10-20(6-7-23(15,21)22)14(18-3)19-9-11-4-5-12(16)8-13(11)17/h4-5,8H,6-7,9-10H2,1-3H3,(H,18,19). The van der Waals surface area contributed by atoms with Crippen LogP contribution in [0.2, 0.25) is 10.0 Å². The van der Waals surface area contributed by atoms with Crippen LogP contribution in [0.3, 0.4) is 0 Å². The third-order valence-electron chi connectivity index (χ3n) is 4.01. The minimum Gasteiger partial charge on any atom is -0.352 e. The molecule has 0 aliphatic carbocycles. The Kier molecular flexibility index (Phi) is 5.48. The van der Waals surface area contributed by atoms with E-state index < -0.39 is 14.6 Å². The van der Waals surface area contributed by atoms with Crippen molar-refractivity contribution in [2.24, 2.45) is 4.99 Å². The monoisotopic (exact) mass is 377 g/mol. The van der Waals surface area contributed by atoms with E-state index in [4.69, 9.17) is 23.2 Å². The van der Waals surface area contributed by atoms with Crippen LogP contribution in [-0.4, -0.2) is 49.9 Å². The molecular formula is C15H21Cl2N3O2S. The van der Waals surface area contributed by atoms with Crippen molar-refractivity contribution in [3.05, 3.63) is 33.8 Å². The van der Waals surface area contributed by atoms with E-state index >= 15 is 0 Å². The van der Waals surface area contributed by atoms with Crippen LogP contribution in [0.5, 0.6) is 0 Å². The van der Waals surface area contributed by atoms with Crippen LogP contribution < -0.4 is 5.32 Å². The number of hydrogen-bond acceptors (Lipinski definition) is 3. The van der Waals surface area contributed by atoms with E-state index in [0.717, 1.165) is 5.56 Å². The predicted molar refractivity (Wildman–Crippen MR) is 96.1 cm³/mol. The van der Waals surface area contributed by atoms with Crippen LogP contribution >= 0.6 is 23.2 Å². The highest BCUT2D eigenvalue weighted by Gasteiger charge is 2.40. The average Bonchev–Trinajstić information content (AvgIpc) is 2.45. The molecule has 1 saturated heterocycles. The minimum absolute atomic E-state index is 0.127. The Hall–Kier alpha value is -0.980. The lowest BCUT2D eigenvalue weighted by atomic mass is 10.2. The van der Waals surface area contributed by atoms with Gasteiger partial charge in [-0.15, -0.1) is 0 Å². The summed E-state index contributed by atoms with van der Waals surface area (Å²) in [5.74, 6) is 0.793. The van der Waals surface area contributed by atoms with Crippen molar-refractivity contribution in [2.45, 2.75) is 25.1 Å². The summed E-state index contributed by atoms with van der Waals surface area (Å²) in [6.45, 7) is 4.82. The van der Waals surface area contributed by atoms with Gasteiger partial charge in [0.05, 0.1) is 10.5 Å². The molecule has 0 spiro atoms. The van der Waals surface area contributed by atoms with Crippen molar-refractivity contribution in [3.63, 3.8) is 0 Å². The van der Waals surface area contributed by atoms with Crippen LogP contribution in [0.4, 0.5) is 0 Å². The molecule has 0 radical (unpaired) electrons. The van der Waals surface area contributed by atoms with Gasteiger partial charge in [-0.05, 0) is 31.5 Å². The lowest BCUT2D eigenvalue weighted by molar-refractivity contribution is 0.353. The molecule has 0 unspecified atom stereocenters. The normalized spacial score (nSPS) is 20.4. The van der Waals surface area contributed by atoms with E-state index in [2.05, 4.69) is 10.3 Å². The van der Waals surface area contributed by atoms with Gasteiger partial charge in [0.2, 0.25) is 0 Å². The third-order valence-corrected chi connectivity index (χ3v) is 7.13. The summed E-state index contributed by atoms with van der Waals surface area (Å²) in [5.41, 5.74) is 0.904. The fourth-order valence-corrected chi connectivity index (χ4v) is 4.34. The maximum absolute atomic E-state index is 12.1. The average molecular weight is 378 g/mol. The molecule has 8 heteroatoms. The number of rotatable bonds is 2. The molecule has 0 bridgehead atoms. The number of aliphatic imine (C=N–C) groups is 1.